The van der Waals surface area contributed by atoms with Crippen molar-refractivity contribution < 1.29 is 0 Å². The predicted octanol–water partition coefficient (Wildman–Crippen LogP) is 0.864. The number of nitrogens with one attached hydrogen (secondary N) is 2. The summed E-state index contributed by atoms with van der Waals surface area (Å²) in [6.07, 6.45) is 8.53. The molecule has 0 fully saturated rings. The number of hydrogen-bond donors (Lipinski definition) is 2. The summed E-state index contributed by atoms with van der Waals surface area (Å²) in [5.74, 6) is 0. The molecule has 0 amide bonds. The van der Waals surface area contributed by atoms with Crippen molar-refractivity contribution in [3.05, 3.63) is 34.0 Å². The van der Waals surface area contributed by atoms with Crippen LogP contribution in [0, 0.1) is 12.3 Å². The van der Waals surface area contributed by atoms with Crippen molar-refractivity contribution >= 4 is 18.4 Å². The van der Waals surface area contributed by atoms with E-state index in [0.29, 0.717) is 0 Å². The maximum Gasteiger partial charge on any atom is 0.0418 e. The van der Waals surface area contributed by atoms with Gasteiger partial charge in [0, 0.05) is 17.3 Å². The molecule has 1 aliphatic rings. The van der Waals surface area contributed by atoms with Crippen LogP contribution in [0.3, 0.4) is 0 Å². The number of allylic oxidation sites excluding steroid dienone is 2. The number of hydrogen-bond acceptors (Lipinski definition) is 1. The van der Waals surface area contributed by atoms with E-state index >= 15 is 0 Å². The molecular formula is C11H12N2. The van der Waals surface area contributed by atoms with Crippen molar-refractivity contribution in [2.45, 2.75) is 13.3 Å². The molecule has 2 nitrogen and oxygen atoms in total. The Kier molecular flexibility index (Phi) is 1.89. The van der Waals surface area contributed by atoms with Gasteiger partial charge in [-0.2, -0.15) is 0 Å². The lowest BCUT2D eigenvalue weighted by Crippen LogP contribution is -2.21. The lowest BCUT2D eigenvalue weighted by atomic mass is 10.2. The van der Waals surface area contributed by atoms with E-state index in [0.717, 1.165) is 12.0 Å². The highest BCUT2D eigenvalue weighted by Crippen LogP contribution is 1.98. The zero-order valence-electron chi connectivity index (χ0n) is 7.59. The van der Waals surface area contributed by atoms with Crippen molar-refractivity contribution in [2.24, 2.45) is 0 Å². The highest BCUT2D eigenvalue weighted by molar-refractivity contribution is 5.88. The van der Waals surface area contributed by atoms with Crippen molar-refractivity contribution in [3.8, 4) is 0 Å². The summed E-state index contributed by atoms with van der Waals surface area (Å²) in [7, 11) is 0. The van der Waals surface area contributed by atoms with Crippen LogP contribution in [-0.4, -0.2) is 11.2 Å². The van der Waals surface area contributed by atoms with Gasteiger partial charge in [0.1, 0.15) is 0 Å². The zero-order valence-corrected chi connectivity index (χ0v) is 7.59. The second-order valence-corrected chi connectivity index (χ2v) is 3.25. The molecule has 2 N–H and O–H groups in total. The van der Waals surface area contributed by atoms with Crippen LogP contribution in [0.25, 0.3) is 12.2 Å². The van der Waals surface area contributed by atoms with E-state index in [9.17, 15) is 0 Å². The lowest BCUT2D eigenvalue weighted by molar-refractivity contribution is 1.21. The van der Waals surface area contributed by atoms with Gasteiger partial charge in [0.05, 0.1) is 0 Å². The summed E-state index contributed by atoms with van der Waals surface area (Å²) >= 11 is 0. The van der Waals surface area contributed by atoms with E-state index in [1.807, 2.05) is 13.0 Å². The summed E-state index contributed by atoms with van der Waals surface area (Å²) in [6, 6.07) is 2.11. The lowest BCUT2D eigenvalue weighted by Gasteiger charge is -1.86. The first-order chi connectivity index (χ1) is 6.29. The van der Waals surface area contributed by atoms with Gasteiger partial charge >= 0.3 is 0 Å². The summed E-state index contributed by atoms with van der Waals surface area (Å²) in [6.45, 7) is 2.05. The number of aryl methyl sites for hydroxylation is 1. The maximum absolute atomic E-state index is 7.19. The number of aromatic nitrogens is 1. The molecule has 0 saturated heterocycles. The molecule has 13 heavy (non-hydrogen) atoms. The number of aromatic amines is 1. The van der Waals surface area contributed by atoms with Gasteiger partial charge in [-0.25, -0.2) is 0 Å². The Labute approximate surface area is 76.8 Å². The SMILES string of the molecule is Cc1cc2c([nH]1)=CCC=C(C=N)C=2. The van der Waals surface area contributed by atoms with Crippen LogP contribution in [0.1, 0.15) is 12.1 Å². The molecular weight excluding hydrogens is 160 g/mol. The van der Waals surface area contributed by atoms with E-state index in [2.05, 4.69) is 23.2 Å². The van der Waals surface area contributed by atoms with Crippen molar-refractivity contribution in [1.29, 1.82) is 5.41 Å². The van der Waals surface area contributed by atoms with E-state index in [-0.39, 0.29) is 0 Å². The quantitative estimate of drug-likeness (QED) is 0.590. The fourth-order valence-corrected chi connectivity index (χ4v) is 1.57. The molecule has 1 aromatic rings. The topological polar surface area (TPSA) is 39.6 Å². The first-order valence-electron chi connectivity index (χ1n) is 4.38. The molecule has 0 atom stereocenters. The van der Waals surface area contributed by atoms with Gasteiger partial charge in [-0.05, 0) is 36.3 Å². The molecule has 1 aromatic heterocycles. The number of rotatable bonds is 1. The minimum atomic E-state index is 0.897. The molecule has 0 aliphatic heterocycles. The Hall–Kier alpha value is -1.57. The average Bonchev–Trinajstić information content (AvgIpc) is 2.33. The summed E-state index contributed by atoms with van der Waals surface area (Å²) < 4.78 is 0. The van der Waals surface area contributed by atoms with Gasteiger partial charge in [0.15, 0.2) is 0 Å². The smallest absolute Gasteiger partial charge is 0.0418 e. The van der Waals surface area contributed by atoms with Crippen LogP contribution < -0.4 is 10.6 Å². The Morgan fingerprint density at radius 3 is 3.08 bits per heavy atom. The second kappa shape index (κ2) is 3.05. The van der Waals surface area contributed by atoms with Gasteiger partial charge in [0.2, 0.25) is 0 Å². The maximum atomic E-state index is 7.19. The Morgan fingerprint density at radius 1 is 1.46 bits per heavy atom. The third-order valence-corrected chi connectivity index (χ3v) is 2.18. The van der Waals surface area contributed by atoms with Crippen LogP contribution in [-0.2, 0) is 0 Å². The van der Waals surface area contributed by atoms with Crippen molar-refractivity contribution in [2.75, 3.05) is 0 Å². The fourth-order valence-electron chi connectivity index (χ4n) is 1.57. The average molecular weight is 172 g/mol. The number of fused-ring (bicyclic) bond motifs is 1. The Morgan fingerprint density at radius 2 is 2.31 bits per heavy atom. The first kappa shape index (κ1) is 8.05. The first-order valence-corrected chi connectivity index (χ1v) is 4.38. The summed E-state index contributed by atoms with van der Waals surface area (Å²) in [5, 5.41) is 9.55. The van der Waals surface area contributed by atoms with E-state index in [1.165, 1.54) is 22.5 Å². The van der Waals surface area contributed by atoms with Crippen LogP contribution in [0.15, 0.2) is 17.7 Å². The molecule has 0 unspecified atom stereocenters. The third-order valence-electron chi connectivity index (χ3n) is 2.18. The monoisotopic (exact) mass is 172 g/mol. The molecule has 0 bridgehead atoms. The highest BCUT2D eigenvalue weighted by Gasteiger charge is 1.96. The van der Waals surface area contributed by atoms with Crippen LogP contribution in [0.4, 0.5) is 0 Å². The molecule has 0 radical (unpaired) electrons. The van der Waals surface area contributed by atoms with Crippen LogP contribution >= 0.6 is 0 Å². The molecule has 2 rings (SSSR count). The third kappa shape index (κ3) is 1.47. The van der Waals surface area contributed by atoms with Crippen molar-refractivity contribution in [3.63, 3.8) is 0 Å². The van der Waals surface area contributed by atoms with Gasteiger partial charge in [-0.1, -0.05) is 12.2 Å². The standard InChI is InChI=1S/C11H12N2/c1-8-5-10-6-9(7-12)3-2-4-11(10)13-8/h3-7,12-13H,2H2,1H3. The molecule has 0 aromatic carbocycles. The Bertz CT molecular complexity index is 475. The fraction of sp³-hybridized carbons (Fsp3) is 0.182. The molecule has 1 heterocycles. The van der Waals surface area contributed by atoms with Crippen molar-refractivity contribution in [1.82, 2.24) is 4.98 Å². The minimum Gasteiger partial charge on any atom is -0.359 e. The summed E-state index contributed by atoms with van der Waals surface area (Å²) in [4.78, 5) is 3.29. The normalized spacial score (nSPS) is 14.7. The second-order valence-electron chi connectivity index (χ2n) is 3.25. The summed E-state index contributed by atoms with van der Waals surface area (Å²) in [5.41, 5.74) is 2.15. The van der Waals surface area contributed by atoms with E-state index in [1.54, 1.807) is 0 Å². The van der Waals surface area contributed by atoms with E-state index in [4.69, 9.17) is 5.41 Å². The molecule has 1 aliphatic carbocycles. The minimum absolute atomic E-state index is 0.897. The van der Waals surface area contributed by atoms with Crippen LogP contribution in [0.5, 0.6) is 0 Å². The molecule has 66 valence electrons. The molecule has 2 heteroatoms. The highest BCUT2D eigenvalue weighted by atomic mass is 14.7. The molecule has 0 spiro atoms. The molecule has 0 saturated carbocycles. The predicted molar refractivity (Wildman–Crippen MR) is 55.2 cm³/mol. The van der Waals surface area contributed by atoms with Gasteiger partial charge in [-0.15, -0.1) is 0 Å². The largest absolute Gasteiger partial charge is 0.359 e. The van der Waals surface area contributed by atoms with Gasteiger partial charge in [-0.3, -0.25) is 0 Å². The van der Waals surface area contributed by atoms with E-state index < -0.39 is 0 Å². The number of H-pyrrole nitrogens is 1. The van der Waals surface area contributed by atoms with Gasteiger partial charge in [0.25, 0.3) is 0 Å². The Balaban J connectivity index is 2.69. The zero-order chi connectivity index (χ0) is 9.26. The van der Waals surface area contributed by atoms with Gasteiger partial charge < -0.3 is 10.4 Å². The van der Waals surface area contributed by atoms with Crippen LogP contribution in [0.2, 0.25) is 0 Å².